The normalized spacial score (nSPS) is 24.4. The second-order valence-corrected chi connectivity index (χ2v) is 6.98. The number of rotatable bonds is 2. The second kappa shape index (κ2) is 5.63. The molecule has 2 heterocycles. The molecule has 1 aromatic rings. The van der Waals surface area contributed by atoms with Crippen molar-refractivity contribution in [3.63, 3.8) is 0 Å². The Morgan fingerprint density at radius 1 is 1.58 bits per heavy atom. The van der Waals surface area contributed by atoms with Gasteiger partial charge in [0.15, 0.2) is 0 Å². The first-order valence-corrected chi connectivity index (χ1v) is 7.77. The maximum atomic E-state index is 12.0. The average Bonchev–Trinajstić information content (AvgIpc) is 2.58. The maximum absolute atomic E-state index is 12.0. The number of nitrogens with zero attached hydrogens (tertiary/aromatic N) is 1. The Morgan fingerprint density at radius 3 is 2.79 bits per heavy atom. The molecule has 2 rings (SSSR count). The van der Waals surface area contributed by atoms with Crippen molar-refractivity contribution in [2.24, 2.45) is 5.92 Å². The molecule has 0 bridgehead atoms. The van der Waals surface area contributed by atoms with Crippen LogP contribution in [0.3, 0.4) is 0 Å². The Labute approximate surface area is 124 Å². The molecule has 104 valence electrons. The zero-order chi connectivity index (χ0) is 14.2. The van der Waals surface area contributed by atoms with Crippen molar-refractivity contribution >= 4 is 39.1 Å². The summed E-state index contributed by atoms with van der Waals surface area (Å²) < 4.78 is 0.974. The van der Waals surface area contributed by atoms with Crippen molar-refractivity contribution in [3.8, 4) is 0 Å². The van der Waals surface area contributed by atoms with Gasteiger partial charge in [-0.1, -0.05) is 0 Å². The topological polar surface area (TPSA) is 57.6 Å². The summed E-state index contributed by atoms with van der Waals surface area (Å²) in [5, 5.41) is 9.43. The number of aliphatic carboxylic acids is 1. The number of thiophene rings is 1. The Kier molecular flexibility index (Phi) is 4.30. The third-order valence-electron chi connectivity index (χ3n) is 3.58. The molecule has 0 saturated carbocycles. The highest BCUT2D eigenvalue weighted by Gasteiger charge is 2.37. The Balaban J connectivity index is 2.44. The van der Waals surface area contributed by atoms with Crippen LogP contribution in [-0.4, -0.2) is 28.9 Å². The quantitative estimate of drug-likeness (QED) is 0.895. The summed E-state index contributed by atoms with van der Waals surface area (Å²) in [5.41, 5.74) is 0. The number of carboxylic acids is 1. The average molecular weight is 346 g/mol. The van der Waals surface area contributed by atoms with E-state index in [4.69, 9.17) is 0 Å². The van der Waals surface area contributed by atoms with Crippen LogP contribution in [0.2, 0.25) is 0 Å². The summed E-state index contributed by atoms with van der Waals surface area (Å²) in [5.74, 6) is -1.33. The Morgan fingerprint density at radius 2 is 2.26 bits per heavy atom. The van der Waals surface area contributed by atoms with Crippen molar-refractivity contribution < 1.29 is 14.7 Å². The number of likely N-dealkylation sites (tertiary alicyclic amines) is 1. The van der Waals surface area contributed by atoms with Gasteiger partial charge in [-0.2, -0.15) is 0 Å². The van der Waals surface area contributed by atoms with Crippen LogP contribution in [0.4, 0.5) is 0 Å². The molecule has 1 aliphatic rings. The first kappa shape index (κ1) is 14.5. The lowest BCUT2D eigenvalue weighted by Crippen LogP contribution is -2.35. The summed E-state index contributed by atoms with van der Waals surface area (Å²) in [4.78, 5) is 27.1. The van der Waals surface area contributed by atoms with Crippen LogP contribution in [0.5, 0.6) is 0 Å². The fourth-order valence-corrected chi connectivity index (χ4v) is 4.28. The molecule has 2 unspecified atom stereocenters. The summed E-state index contributed by atoms with van der Waals surface area (Å²) in [6.45, 7) is 1.98. The molecule has 2 atom stereocenters. The van der Waals surface area contributed by atoms with Crippen molar-refractivity contribution in [2.75, 3.05) is 7.05 Å². The fourth-order valence-electron chi connectivity index (χ4n) is 2.51. The predicted molar refractivity (Wildman–Crippen MR) is 77.2 cm³/mol. The summed E-state index contributed by atoms with van der Waals surface area (Å²) >= 11 is 5.01. The zero-order valence-electron chi connectivity index (χ0n) is 10.9. The van der Waals surface area contributed by atoms with Gasteiger partial charge in [0.1, 0.15) is 0 Å². The monoisotopic (exact) mass is 345 g/mol. The van der Waals surface area contributed by atoms with Gasteiger partial charge in [0.25, 0.3) is 0 Å². The molecule has 1 saturated heterocycles. The second-order valence-electron chi connectivity index (χ2n) is 4.84. The minimum Gasteiger partial charge on any atom is -0.481 e. The SMILES string of the molecule is Cc1sc(C2C(C(=O)O)CCCC(=O)N2C)cc1Br. The zero-order valence-corrected chi connectivity index (χ0v) is 13.3. The molecule has 0 aliphatic carbocycles. The van der Waals surface area contributed by atoms with Gasteiger partial charge < -0.3 is 10.0 Å². The van der Waals surface area contributed by atoms with E-state index < -0.39 is 11.9 Å². The molecule has 1 fully saturated rings. The largest absolute Gasteiger partial charge is 0.481 e. The Bertz CT molecular complexity index is 494. The molecular formula is C13H16BrNO3S. The lowest BCUT2D eigenvalue weighted by Gasteiger charge is -2.29. The number of aryl methyl sites for hydroxylation is 1. The van der Waals surface area contributed by atoms with Crippen LogP contribution in [0.25, 0.3) is 0 Å². The van der Waals surface area contributed by atoms with E-state index in [9.17, 15) is 14.7 Å². The van der Waals surface area contributed by atoms with Crippen LogP contribution < -0.4 is 0 Å². The molecule has 1 aromatic heterocycles. The van der Waals surface area contributed by atoms with Gasteiger partial charge in [-0.15, -0.1) is 11.3 Å². The highest BCUT2D eigenvalue weighted by molar-refractivity contribution is 9.10. The van der Waals surface area contributed by atoms with Crippen LogP contribution in [-0.2, 0) is 9.59 Å². The van der Waals surface area contributed by atoms with Gasteiger partial charge in [0, 0.05) is 27.7 Å². The van der Waals surface area contributed by atoms with Crippen LogP contribution in [0, 0.1) is 12.8 Å². The van der Waals surface area contributed by atoms with Gasteiger partial charge in [0.05, 0.1) is 12.0 Å². The number of hydrogen-bond acceptors (Lipinski definition) is 3. The molecule has 19 heavy (non-hydrogen) atoms. The Hall–Kier alpha value is -0.880. The molecule has 1 amide bonds. The lowest BCUT2D eigenvalue weighted by molar-refractivity contribution is -0.145. The molecular weight excluding hydrogens is 330 g/mol. The fraction of sp³-hybridized carbons (Fsp3) is 0.538. The molecule has 0 spiro atoms. The van der Waals surface area contributed by atoms with Gasteiger partial charge in [-0.3, -0.25) is 9.59 Å². The predicted octanol–water partition coefficient (Wildman–Crippen LogP) is 3.20. The summed E-state index contributed by atoms with van der Waals surface area (Å²) in [6, 6.07) is 1.58. The third-order valence-corrected chi connectivity index (χ3v) is 5.79. The number of halogens is 1. The molecule has 0 aromatic carbocycles. The van der Waals surface area contributed by atoms with Crippen LogP contribution in [0.1, 0.15) is 35.1 Å². The standard InChI is InChI=1S/C13H16BrNO3S/c1-7-9(14)6-10(19-7)12-8(13(17)18)4-3-5-11(16)15(12)2/h6,8,12H,3-5H2,1-2H3,(H,17,18). The van der Waals surface area contributed by atoms with Crippen molar-refractivity contribution in [2.45, 2.75) is 32.2 Å². The van der Waals surface area contributed by atoms with E-state index in [1.54, 1.807) is 23.3 Å². The van der Waals surface area contributed by atoms with E-state index in [1.807, 2.05) is 13.0 Å². The summed E-state index contributed by atoms with van der Waals surface area (Å²) in [6.07, 6.45) is 1.62. The van der Waals surface area contributed by atoms with E-state index in [0.29, 0.717) is 19.3 Å². The van der Waals surface area contributed by atoms with Gasteiger partial charge in [-0.25, -0.2) is 0 Å². The lowest BCUT2D eigenvalue weighted by atomic mass is 9.94. The number of carbonyl (C=O) groups excluding carboxylic acids is 1. The van der Waals surface area contributed by atoms with Crippen molar-refractivity contribution in [3.05, 3.63) is 20.3 Å². The van der Waals surface area contributed by atoms with Gasteiger partial charge in [0.2, 0.25) is 5.91 Å². The smallest absolute Gasteiger partial charge is 0.308 e. The van der Waals surface area contributed by atoms with E-state index in [1.165, 1.54) is 0 Å². The van der Waals surface area contributed by atoms with Crippen molar-refractivity contribution in [1.29, 1.82) is 0 Å². The van der Waals surface area contributed by atoms with Gasteiger partial charge in [-0.05, 0) is 41.8 Å². The minimum atomic E-state index is -0.825. The van der Waals surface area contributed by atoms with Gasteiger partial charge >= 0.3 is 5.97 Å². The van der Waals surface area contributed by atoms with E-state index in [-0.39, 0.29) is 11.9 Å². The first-order chi connectivity index (χ1) is 8.91. The van der Waals surface area contributed by atoms with Crippen LogP contribution >= 0.6 is 27.3 Å². The number of amides is 1. The molecule has 1 aliphatic heterocycles. The first-order valence-electron chi connectivity index (χ1n) is 6.16. The van der Waals surface area contributed by atoms with Crippen molar-refractivity contribution in [1.82, 2.24) is 4.90 Å². The van der Waals surface area contributed by atoms with Crippen LogP contribution in [0.15, 0.2) is 10.5 Å². The summed E-state index contributed by atoms with van der Waals surface area (Å²) in [7, 11) is 1.71. The molecule has 0 radical (unpaired) electrons. The number of carbonyl (C=O) groups is 2. The minimum absolute atomic E-state index is 0.0240. The van der Waals surface area contributed by atoms with E-state index in [2.05, 4.69) is 15.9 Å². The molecule has 6 heteroatoms. The third kappa shape index (κ3) is 2.84. The van der Waals surface area contributed by atoms with E-state index in [0.717, 1.165) is 14.2 Å². The number of hydrogen-bond donors (Lipinski definition) is 1. The maximum Gasteiger partial charge on any atom is 0.308 e. The highest BCUT2D eigenvalue weighted by atomic mass is 79.9. The number of carboxylic acid groups (broad SMARTS) is 1. The molecule has 4 nitrogen and oxygen atoms in total. The van der Waals surface area contributed by atoms with E-state index >= 15 is 0 Å². The molecule has 1 N–H and O–H groups in total. The highest BCUT2D eigenvalue weighted by Crippen LogP contribution is 2.40.